The molecule has 0 bridgehead atoms. The largest absolute Gasteiger partial charge is 0.300 e. The van der Waals surface area contributed by atoms with Gasteiger partial charge in [-0.2, -0.15) is 5.10 Å². The Balaban J connectivity index is 2.13. The van der Waals surface area contributed by atoms with Crippen molar-refractivity contribution in [2.45, 2.75) is 72.0 Å². The van der Waals surface area contributed by atoms with Gasteiger partial charge in [-0.15, -0.1) is 0 Å². The molecule has 0 radical (unpaired) electrons. The average Bonchev–Trinajstić information content (AvgIpc) is 2.94. The molecule has 0 aliphatic carbocycles. The molecule has 7 heteroatoms. The first-order valence-electron chi connectivity index (χ1n) is 9.86. The molecule has 2 aromatic rings. The molecule has 0 aliphatic heterocycles. The van der Waals surface area contributed by atoms with Gasteiger partial charge in [-0.1, -0.05) is 38.1 Å². The van der Waals surface area contributed by atoms with Crippen LogP contribution in [0.25, 0.3) is 0 Å². The zero-order valence-corrected chi connectivity index (χ0v) is 19.0. The normalized spacial score (nSPS) is 12.7. The predicted octanol–water partition coefficient (Wildman–Crippen LogP) is 3.58. The summed E-state index contributed by atoms with van der Waals surface area (Å²) in [5.74, 6) is 0. The zero-order valence-electron chi connectivity index (χ0n) is 18.2. The predicted molar refractivity (Wildman–Crippen MR) is 114 cm³/mol. The van der Waals surface area contributed by atoms with Crippen molar-refractivity contribution in [1.82, 2.24) is 19.4 Å². The van der Waals surface area contributed by atoms with Gasteiger partial charge in [0.1, 0.15) is 4.90 Å². The van der Waals surface area contributed by atoms with E-state index in [0.717, 1.165) is 25.2 Å². The zero-order chi connectivity index (χ0) is 21.1. The van der Waals surface area contributed by atoms with Crippen LogP contribution < -0.4 is 4.72 Å². The number of hydrogen-bond donors (Lipinski definition) is 1. The van der Waals surface area contributed by atoms with Gasteiger partial charge in [0.25, 0.3) is 0 Å². The fourth-order valence-electron chi connectivity index (χ4n) is 3.39. The Morgan fingerprint density at radius 2 is 1.57 bits per heavy atom. The van der Waals surface area contributed by atoms with E-state index in [9.17, 15) is 8.42 Å². The molecule has 156 valence electrons. The van der Waals surface area contributed by atoms with E-state index in [1.807, 2.05) is 39.8 Å². The van der Waals surface area contributed by atoms with E-state index in [4.69, 9.17) is 0 Å². The van der Waals surface area contributed by atoms with Crippen LogP contribution in [0.3, 0.4) is 0 Å². The van der Waals surface area contributed by atoms with Crippen molar-refractivity contribution in [3.8, 4) is 0 Å². The molecule has 0 saturated carbocycles. The monoisotopic (exact) mass is 406 g/mol. The maximum Gasteiger partial charge on any atom is 0.244 e. The Morgan fingerprint density at radius 1 is 1.04 bits per heavy atom. The molecule has 0 saturated heterocycles. The molecule has 1 heterocycles. The summed E-state index contributed by atoms with van der Waals surface area (Å²) in [5, 5.41) is 4.45. The van der Waals surface area contributed by atoms with Crippen molar-refractivity contribution in [2.24, 2.45) is 0 Å². The van der Waals surface area contributed by atoms with Crippen LogP contribution in [-0.4, -0.2) is 36.2 Å². The SMILES string of the molecule is CCN(CC)Cc1ccc(CNS(=O)(=O)c2c(C)nn(C(C)(C)C)c2C)cc1. The van der Waals surface area contributed by atoms with E-state index >= 15 is 0 Å². The Kier molecular flexibility index (Phi) is 7.07. The van der Waals surface area contributed by atoms with E-state index in [-0.39, 0.29) is 17.0 Å². The van der Waals surface area contributed by atoms with Crippen molar-refractivity contribution in [2.75, 3.05) is 13.1 Å². The molecular formula is C21H34N4O2S. The molecule has 0 spiro atoms. The third-order valence-corrected chi connectivity index (χ3v) is 6.57. The first kappa shape index (κ1) is 22.6. The molecule has 0 fully saturated rings. The van der Waals surface area contributed by atoms with E-state index in [2.05, 4.69) is 40.7 Å². The Bertz CT molecular complexity index is 890. The highest BCUT2D eigenvalue weighted by Gasteiger charge is 2.28. The molecule has 1 aromatic carbocycles. The lowest BCUT2D eigenvalue weighted by molar-refractivity contribution is 0.296. The summed E-state index contributed by atoms with van der Waals surface area (Å²) >= 11 is 0. The summed E-state index contributed by atoms with van der Waals surface area (Å²) in [6, 6.07) is 8.10. The maximum absolute atomic E-state index is 12.9. The third-order valence-electron chi connectivity index (χ3n) is 4.92. The fourth-order valence-corrected chi connectivity index (χ4v) is 4.80. The molecule has 0 atom stereocenters. The summed E-state index contributed by atoms with van der Waals surface area (Å²) in [4.78, 5) is 2.62. The quantitative estimate of drug-likeness (QED) is 0.728. The molecule has 0 aliphatic rings. The van der Waals surface area contributed by atoms with Crippen molar-refractivity contribution >= 4 is 10.0 Å². The Labute approximate surface area is 170 Å². The third kappa shape index (κ3) is 5.21. The molecule has 1 N–H and O–H groups in total. The highest BCUT2D eigenvalue weighted by molar-refractivity contribution is 7.89. The van der Waals surface area contributed by atoms with Crippen LogP contribution in [0.4, 0.5) is 0 Å². The number of aryl methyl sites for hydroxylation is 1. The molecule has 0 amide bonds. The lowest BCUT2D eigenvalue weighted by Gasteiger charge is -2.21. The number of hydrogen-bond acceptors (Lipinski definition) is 4. The maximum atomic E-state index is 12.9. The van der Waals surface area contributed by atoms with Crippen LogP contribution in [0.15, 0.2) is 29.2 Å². The summed E-state index contributed by atoms with van der Waals surface area (Å²) in [6.07, 6.45) is 0. The van der Waals surface area contributed by atoms with Gasteiger partial charge in [0.2, 0.25) is 10.0 Å². The average molecular weight is 407 g/mol. The second-order valence-corrected chi connectivity index (χ2v) is 9.89. The number of nitrogens with zero attached hydrogens (tertiary/aromatic N) is 3. The fraction of sp³-hybridized carbons (Fsp3) is 0.571. The first-order chi connectivity index (χ1) is 13.0. The number of rotatable bonds is 8. The van der Waals surface area contributed by atoms with Crippen LogP contribution in [0, 0.1) is 13.8 Å². The number of sulfonamides is 1. The lowest BCUT2D eigenvalue weighted by Crippen LogP contribution is -2.26. The first-order valence-corrected chi connectivity index (χ1v) is 11.3. The van der Waals surface area contributed by atoms with E-state index < -0.39 is 10.0 Å². The van der Waals surface area contributed by atoms with Crippen LogP contribution in [0.2, 0.25) is 0 Å². The molecule has 28 heavy (non-hydrogen) atoms. The van der Waals surface area contributed by atoms with Crippen LogP contribution in [-0.2, 0) is 28.7 Å². The van der Waals surface area contributed by atoms with Gasteiger partial charge in [0.05, 0.1) is 16.9 Å². The van der Waals surface area contributed by atoms with Gasteiger partial charge in [0.15, 0.2) is 0 Å². The van der Waals surface area contributed by atoms with Crippen molar-refractivity contribution < 1.29 is 8.42 Å². The van der Waals surface area contributed by atoms with Gasteiger partial charge in [-0.25, -0.2) is 13.1 Å². The minimum absolute atomic E-state index is 0.257. The van der Waals surface area contributed by atoms with Crippen LogP contribution in [0.5, 0.6) is 0 Å². The Hall–Kier alpha value is -1.70. The number of nitrogens with one attached hydrogen (secondary N) is 1. The molecule has 0 unspecified atom stereocenters. The summed E-state index contributed by atoms with van der Waals surface area (Å²) in [7, 11) is -3.64. The van der Waals surface area contributed by atoms with Crippen LogP contribution >= 0.6 is 0 Å². The minimum atomic E-state index is -3.64. The lowest BCUT2D eigenvalue weighted by atomic mass is 10.1. The summed E-state index contributed by atoms with van der Waals surface area (Å²) in [6.45, 7) is 17.1. The second kappa shape index (κ2) is 8.76. The molecule has 6 nitrogen and oxygen atoms in total. The van der Waals surface area contributed by atoms with E-state index in [1.54, 1.807) is 11.6 Å². The molecule has 1 aromatic heterocycles. The van der Waals surface area contributed by atoms with Crippen molar-refractivity contribution in [1.29, 1.82) is 0 Å². The summed E-state index contributed by atoms with van der Waals surface area (Å²) < 4.78 is 30.3. The van der Waals surface area contributed by atoms with E-state index in [1.165, 1.54) is 5.56 Å². The van der Waals surface area contributed by atoms with Gasteiger partial charge in [-0.3, -0.25) is 9.58 Å². The second-order valence-electron chi connectivity index (χ2n) is 8.19. The van der Waals surface area contributed by atoms with Gasteiger partial charge < -0.3 is 0 Å². The highest BCUT2D eigenvalue weighted by Crippen LogP contribution is 2.25. The number of benzene rings is 1. The van der Waals surface area contributed by atoms with Crippen molar-refractivity contribution in [3.05, 3.63) is 46.8 Å². The van der Waals surface area contributed by atoms with Crippen LogP contribution in [0.1, 0.15) is 57.1 Å². The van der Waals surface area contributed by atoms with Gasteiger partial charge in [0, 0.05) is 13.1 Å². The minimum Gasteiger partial charge on any atom is -0.300 e. The Morgan fingerprint density at radius 3 is 2.04 bits per heavy atom. The summed E-state index contributed by atoms with van der Waals surface area (Å²) in [5.41, 5.74) is 3.07. The highest BCUT2D eigenvalue weighted by atomic mass is 32.2. The molecular weight excluding hydrogens is 372 g/mol. The molecule has 2 rings (SSSR count). The number of aromatic nitrogens is 2. The smallest absolute Gasteiger partial charge is 0.244 e. The topological polar surface area (TPSA) is 67.2 Å². The van der Waals surface area contributed by atoms with Gasteiger partial charge >= 0.3 is 0 Å². The van der Waals surface area contributed by atoms with Gasteiger partial charge in [-0.05, 0) is 58.8 Å². The standard InChI is InChI=1S/C21H34N4O2S/c1-8-24(9-2)15-19-12-10-18(11-13-19)14-22-28(26,27)20-16(3)23-25(17(20)4)21(5,6)7/h10-13,22H,8-9,14-15H2,1-7H3. The van der Waals surface area contributed by atoms with E-state index in [0.29, 0.717) is 11.4 Å². The van der Waals surface area contributed by atoms with Crippen molar-refractivity contribution in [3.63, 3.8) is 0 Å².